The van der Waals surface area contributed by atoms with E-state index in [0.717, 1.165) is 0 Å². The maximum Gasteiger partial charge on any atom is 0.292 e. The van der Waals surface area contributed by atoms with E-state index in [1.54, 1.807) is 34.1 Å². The summed E-state index contributed by atoms with van der Waals surface area (Å²) in [5.41, 5.74) is -0.0319. The molecule has 1 aromatic heterocycles. The van der Waals surface area contributed by atoms with Crippen LogP contribution in [0.15, 0.2) is 41.1 Å². The zero-order valence-corrected chi connectivity index (χ0v) is 14.5. The van der Waals surface area contributed by atoms with Gasteiger partial charge in [0.2, 0.25) is 11.7 Å². The van der Waals surface area contributed by atoms with Gasteiger partial charge in [0.15, 0.2) is 0 Å². The summed E-state index contributed by atoms with van der Waals surface area (Å²) in [4.78, 5) is 28.9. The molecule has 26 heavy (non-hydrogen) atoms. The zero-order chi connectivity index (χ0) is 18.3. The van der Waals surface area contributed by atoms with E-state index < -0.39 is 5.54 Å². The highest BCUT2D eigenvalue weighted by Crippen LogP contribution is 2.42. The minimum Gasteiger partial charge on any atom is -0.351 e. The molecule has 0 bridgehead atoms. The van der Waals surface area contributed by atoms with E-state index in [-0.39, 0.29) is 36.0 Å². The topological polar surface area (TPSA) is 66.7 Å². The summed E-state index contributed by atoms with van der Waals surface area (Å²) in [5.74, 6) is -0.331. The molecule has 3 heterocycles. The van der Waals surface area contributed by atoms with Crippen LogP contribution in [0.3, 0.4) is 0 Å². The highest BCUT2D eigenvalue weighted by molar-refractivity contribution is 5.92. The van der Waals surface area contributed by atoms with Crippen LogP contribution in [0.2, 0.25) is 0 Å². The van der Waals surface area contributed by atoms with Gasteiger partial charge in [-0.05, 0) is 25.8 Å². The second kappa shape index (κ2) is 6.23. The van der Waals surface area contributed by atoms with Crippen LogP contribution in [-0.2, 0) is 11.3 Å². The third-order valence-corrected chi connectivity index (χ3v) is 5.70. The van der Waals surface area contributed by atoms with Crippen molar-refractivity contribution in [3.8, 4) is 0 Å². The summed E-state index contributed by atoms with van der Waals surface area (Å²) in [6, 6.07) is 7.92. The first kappa shape index (κ1) is 16.8. The number of likely N-dealkylation sites (tertiary alicyclic amines) is 2. The largest absolute Gasteiger partial charge is 0.351 e. The molecule has 6 nitrogen and oxygen atoms in total. The first-order valence-electron chi connectivity index (χ1n) is 8.76. The third kappa shape index (κ3) is 2.58. The molecule has 1 aromatic carbocycles. The molecule has 4 rings (SSSR count). The molecule has 2 amide bonds. The number of aromatic nitrogens is 1. The van der Waals surface area contributed by atoms with Crippen molar-refractivity contribution in [2.75, 3.05) is 6.54 Å². The molecule has 0 radical (unpaired) electrons. The summed E-state index contributed by atoms with van der Waals surface area (Å²) >= 11 is 0. The van der Waals surface area contributed by atoms with Gasteiger partial charge in [0.1, 0.15) is 5.82 Å². The molecule has 2 atom stereocenters. The van der Waals surface area contributed by atoms with Crippen molar-refractivity contribution >= 4 is 11.8 Å². The van der Waals surface area contributed by atoms with Crippen molar-refractivity contribution in [3.05, 3.63) is 53.7 Å². The predicted molar refractivity (Wildman–Crippen MR) is 90.5 cm³/mol. The number of halogens is 1. The number of fused-ring (bicyclic) bond motifs is 1. The number of piperidine rings is 1. The Hall–Kier alpha value is -2.70. The van der Waals surface area contributed by atoms with Crippen LogP contribution in [-0.4, -0.2) is 44.9 Å². The summed E-state index contributed by atoms with van der Waals surface area (Å²) < 4.78 is 19.1. The lowest BCUT2D eigenvalue weighted by Gasteiger charge is -2.47. The number of carbonyl (C=O) groups is 2. The van der Waals surface area contributed by atoms with E-state index in [1.165, 1.54) is 12.3 Å². The summed E-state index contributed by atoms with van der Waals surface area (Å²) in [7, 11) is 0. The Morgan fingerprint density at radius 3 is 2.92 bits per heavy atom. The first-order chi connectivity index (χ1) is 12.5. The van der Waals surface area contributed by atoms with Crippen LogP contribution in [0.4, 0.5) is 4.39 Å². The number of benzene rings is 1. The maximum atomic E-state index is 14.1. The second-order valence-corrected chi connectivity index (χ2v) is 7.11. The first-order valence-corrected chi connectivity index (χ1v) is 8.76. The molecule has 0 spiro atoms. The standard InChI is InChI=1S/C19H20FN3O3/c1-19-9-11-22(18(25)15-8-10-21-26-15)16(19)6-7-17(24)23(19)12-13-4-2-3-5-14(13)20/h2-5,8,10,16H,6-7,9,11-12H2,1H3/t16-,19-/m0/s1. The molecule has 0 unspecified atom stereocenters. The van der Waals surface area contributed by atoms with Crippen molar-refractivity contribution in [3.63, 3.8) is 0 Å². The van der Waals surface area contributed by atoms with Crippen LogP contribution in [0.1, 0.15) is 42.3 Å². The Labute approximate surface area is 150 Å². The zero-order valence-electron chi connectivity index (χ0n) is 14.5. The highest BCUT2D eigenvalue weighted by atomic mass is 19.1. The van der Waals surface area contributed by atoms with Gasteiger partial charge in [-0.25, -0.2) is 4.39 Å². The van der Waals surface area contributed by atoms with Gasteiger partial charge >= 0.3 is 0 Å². The number of carbonyl (C=O) groups excluding carboxylic acids is 2. The third-order valence-electron chi connectivity index (χ3n) is 5.70. The van der Waals surface area contributed by atoms with Gasteiger partial charge in [0.25, 0.3) is 5.91 Å². The van der Waals surface area contributed by atoms with Gasteiger partial charge in [0.05, 0.1) is 17.8 Å². The van der Waals surface area contributed by atoms with Gasteiger partial charge in [-0.1, -0.05) is 23.4 Å². The quantitative estimate of drug-likeness (QED) is 0.847. The Balaban J connectivity index is 1.62. The van der Waals surface area contributed by atoms with Crippen molar-refractivity contribution in [1.29, 1.82) is 0 Å². The Morgan fingerprint density at radius 1 is 1.38 bits per heavy atom. The van der Waals surface area contributed by atoms with Gasteiger partial charge in [-0.2, -0.15) is 0 Å². The molecule has 7 heteroatoms. The van der Waals surface area contributed by atoms with Gasteiger partial charge in [-0.3, -0.25) is 9.59 Å². The number of hydrogen-bond donors (Lipinski definition) is 0. The molecular weight excluding hydrogens is 337 g/mol. The van der Waals surface area contributed by atoms with Crippen molar-refractivity contribution in [1.82, 2.24) is 15.0 Å². The maximum absolute atomic E-state index is 14.1. The van der Waals surface area contributed by atoms with Gasteiger partial charge < -0.3 is 14.3 Å². The SMILES string of the molecule is C[C@]12CCN(C(=O)c3ccno3)[C@H]1CCC(=O)N2Cc1ccccc1F. The van der Waals surface area contributed by atoms with Crippen LogP contribution in [0, 0.1) is 5.82 Å². The Kier molecular flexibility index (Phi) is 4.01. The van der Waals surface area contributed by atoms with E-state index >= 15 is 0 Å². The van der Waals surface area contributed by atoms with Crippen LogP contribution >= 0.6 is 0 Å². The minimum atomic E-state index is -0.521. The van der Waals surface area contributed by atoms with E-state index in [2.05, 4.69) is 5.16 Å². The lowest BCUT2D eigenvalue weighted by molar-refractivity contribution is -0.144. The molecule has 2 aromatic rings. The fourth-order valence-electron chi connectivity index (χ4n) is 4.24. The van der Waals surface area contributed by atoms with E-state index in [4.69, 9.17) is 4.52 Å². The van der Waals surface area contributed by atoms with Crippen molar-refractivity contribution < 1.29 is 18.5 Å². The van der Waals surface area contributed by atoms with Crippen molar-refractivity contribution in [2.24, 2.45) is 0 Å². The Morgan fingerprint density at radius 2 is 2.19 bits per heavy atom. The van der Waals surface area contributed by atoms with Gasteiger partial charge in [0, 0.05) is 31.1 Å². The van der Waals surface area contributed by atoms with Crippen LogP contribution in [0.25, 0.3) is 0 Å². The molecule has 2 aliphatic heterocycles. The fourth-order valence-corrected chi connectivity index (χ4v) is 4.24. The average molecular weight is 357 g/mol. The summed E-state index contributed by atoms with van der Waals surface area (Å²) in [5, 5.41) is 3.60. The van der Waals surface area contributed by atoms with E-state index in [0.29, 0.717) is 31.4 Å². The van der Waals surface area contributed by atoms with E-state index in [1.807, 2.05) is 6.92 Å². The molecule has 0 saturated carbocycles. The number of hydrogen-bond acceptors (Lipinski definition) is 4. The normalized spacial score (nSPS) is 25.5. The molecule has 2 aliphatic rings. The van der Waals surface area contributed by atoms with Gasteiger partial charge in [-0.15, -0.1) is 0 Å². The second-order valence-electron chi connectivity index (χ2n) is 7.11. The molecule has 0 aliphatic carbocycles. The molecular formula is C19H20FN3O3. The number of rotatable bonds is 3. The van der Waals surface area contributed by atoms with Crippen molar-refractivity contribution in [2.45, 2.75) is 44.3 Å². The van der Waals surface area contributed by atoms with Crippen LogP contribution in [0.5, 0.6) is 0 Å². The number of nitrogens with zero attached hydrogens (tertiary/aromatic N) is 3. The molecule has 136 valence electrons. The molecule has 2 saturated heterocycles. The van der Waals surface area contributed by atoms with Crippen LogP contribution < -0.4 is 0 Å². The summed E-state index contributed by atoms with van der Waals surface area (Å²) in [6.07, 6.45) is 3.03. The predicted octanol–water partition coefficient (Wildman–Crippen LogP) is 2.61. The average Bonchev–Trinajstić information content (AvgIpc) is 3.27. The fraction of sp³-hybridized carbons (Fsp3) is 0.421. The molecule has 2 fully saturated rings. The van der Waals surface area contributed by atoms with E-state index in [9.17, 15) is 14.0 Å². The smallest absolute Gasteiger partial charge is 0.292 e. The minimum absolute atomic E-state index is 0.000896. The monoisotopic (exact) mass is 357 g/mol. The summed E-state index contributed by atoms with van der Waals surface area (Å²) in [6.45, 7) is 2.73. The number of amides is 2. The highest BCUT2D eigenvalue weighted by Gasteiger charge is 2.53. The molecule has 0 N–H and O–H groups in total. The lowest BCUT2D eigenvalue weighted by atomic mass is 9.83. The Bertz CT molecular complexity index is 838. The lowest BCUT2D eigenvalue weighted by Crippen LogP contribution is -2.60.